The van der Waals surface area contributed by atoms with E-state index in [1.807, 2.05) is 0 Å². The molecule has 0 aliphatic carbocycles. The highest BCUT2D eigenvalue weighted by Gasteiger charge is 2.02. The van der Waals surface area contributed by atoms with Crippen LogP contribution in [0.2, 0.25) is 0 Å². The summed E-state index contributed by atoms with van der Waals surface area (Å²) < 4.78 is 0. The van der Waals surface area contributed by atoms with Gasteiger partial charge in [-0.15, -0.1) is 0 Å². The first-order valence-corrected chi connectivity index (χ1v) is 3.99. The summed E-state index contributed by atoms with van der Waals surface area (Å²) in [5.41, 5.74) is 0. The summed E-state index contributed by atoms with van der Waals surface area (Å²) in [6.07, 6.45) is 0.589. The molecule has 1 amide bonds. The fourth-order valence-electron chi connectivity index (χ4n) is 0.545. The summed E-state index contributed by atoms with van der Waals surface area (Å²) in [5, 5.41) is 8.44. The molecule has 4 heteroatoms. The number of carbonyl (C=O) groups is 1. The van der Waals surface area contributed by atoms with Crippen molar-refractivity contribution in [2.45, 2.75) is 6.42 Å². The molecular weight excluding hydrogens is 210 g/mol. The van der Waals surface area contributed by atoms with Crippen LogP contribution in [0.3, 0.4) is 0 Å². The molecule has 0 bridgehead atoms. The molecule has 0 radical (unpaired) electrons. The predicted molar refractivity (Wildman–Crippen MR) is 46.0 cm³/mol. The van der Waals surface area contributed by atoms with Gasteiger partial charge >= 0.3 is 0 Å². The third kappa shape index (κ3) is 4.82. The van der Waals surface area contributed by atoms with Crippen molar-refractivity contribution in [3.05, 3.63) is 0 Å². The average Bonchev–Trinajstić information content (AvgIpc) is 2.00. The van der Waals surface area contributed by atoms with Crippen LogP contribution in [0.25, 0.3) is 0 Å². The maximum atomic E-state index is 10.9. The Morgan fingerprint density at radius 1 is 1.73 bits per heavy atom. The van der Waals surface area contributed by atoms with Gasteiger partial charge in [0.15, 0.2) is 0 Å². The number of amides is 1. The van der Waals surface area contributed by atoms with Crippen LogP contribution in [0.1, 0.15) is 6.42 Å². The standard InChI is InChI=1S/C7H10BrNO2/c1-9(5-2-6-10)7(11)3-4-8/h10H,2,5-6H2,1H3. The minimum absolute atomic E-state index is 0.0966. The van der Waals surface area contributed by atoms with Crippen molar-refractivity contribution >= 4 is 21.8 Å². The number of rotatable bonds is 3. The smallest absolute Gasteiger partial charge is 0.299 e. The molecule has 0 spiro atoms. The average molecular weight is 220 g/mol. The Bertz CT molecular complexity index is 183. The molecule has 0 aliphatic heterocycles. The summed E-state index contributed by atoms with van der Waals surface area (Å²) >= 11 is 2.83. The second-order valence-electron chi connectivity index (χ2n) is 2.02. The molecule has 62 valence electrons. The summed E-state index contributed by atoms with van der Waals surface area (Å²) in [7, 11) is 1.65. The van der Waals surface area contributed by atoms with E-state index in [-0.39, 0.29) is 12.5 Å². The van der Waals surface area contributed by atoms with Crippen molar-refractivity contribution < 1.29 is 9.90 Å². The number of carbonyl (C=O) groups excluding carboxylic acids is 1. The van der Waals surface area contributed by atoms with Crippen LogP contribution in [-0.2, 0) is 4.79 Å². The summed E-state index contributed by atoms with van der Waals surface area (Å²) in [5.74, 6) is 2.09. The summed E-state index contributed by atoms with van der Waals surface area (Å²) in [6.45, 7) is 0.635. The third-order valence-corrected chi connectivity index (χ3v) is 1.35. The Labute approximate surface area is 74.5 Å². The van der Waals surface area contributed by atoms with Gasteiger partial charge in [-0.1, -0.05) is 0 Å². The van der Waals surface area contributed by atoms with E-state index in [4.69, 9.17) is 5.11 Å². The first-order chi connectivity index (χ1) is 5.22. The van der Waals surface area contributed by atoms with E-state index in [1.54, 1.807) is 7.05 Å². The molecule has 0 aromatic rings. The molecule has 3 nitrogen and oxygen atoms in total. The lowest BCUT2D eigenvalue weighted by molar-refractivity contribution is -0.123. The van der Waals surface area contributed by atoms with E-state index in [9.17, 15) is 4.79 Å². The fraction of sp³-hybridized carbons (Fsp3) is 0.571. The van der Waals surface area contributed by atoms with Gasteiger partial charge in [-0.3, -0.25) is 4.79 Å². The second-order valence-corrected chi connectivity index (χ2v) is 2.42. The molecule has 0 aliphatic rings. The molecule has 0 aromatic carbocycles. The van der Waals surface area contributed by atoms with Gasteiger partial charge in [0, 0.05) is 42.0 Å². The topological polar surface area (TPSA) is 40.5 Å². The van der Waals surface area contributed by atoms with Crippen molar-refractivity contribution in [3.8, 4) is 10.8 Å². The van der Waals surface area contributed by atoms with Crippen molar-refractivity contribution in [1.82, 2.24) is 4.90 Å². The van der Waals surface area contributed by atoms with E-state index >= 15 is 0 Å². The monoisotopic (exact) mass is 219 g/mol. The minimum atomic E-state index is -0.240. The highest BCUT2D eigenvalue weighted by molar-refractivity contribution is 9.12. The second kappa shape index (κ2) is 6.20. The van der Waals surface area contributed by atoms with E-state index in [2.05, 4.69) is 26.7 Å². The Morgan fingerprint density at radius 3 is 2.82 bits per heavy atom. The van der Waals surface area contributed by atoms with E-state index in [0.717, 1.165) is 0 Å². The highest BCUT2D eigenvalue weighted by Crippen LogP contribution is 1.87. The summed E-state index contributed by atoms with van der Waals surface area (Å²) in [6, 6.07) is 0. The quantitative estimate of drug-likeness (QED) is 0.689. The molecule has 11 heavy (non-hydrogen) atoms. The Kier molecular flexibility index (Phi) is 5.90. The van der Waals surface area contributed by atoms with Gasteiger partial charge in [-0.05, 0) is 11.3 Å². The van der Waals surface area contributed by atoms with Crippen LogP contribution in [0.15, 0.2) is 0 Å². The minimum Gasteiger partial charge on any atom is -0.396 e. The zero-order valence-electron chi connectivity index (χ0n) is 6.30. The van der Waals surface area contributed by atoms with Gasteiger partial charge in [-0.25, -0.2) is 0 Å². The van der Waals surface area contributed by atoms with Crippen LogP contribution in [-0.4, -0.2) is 36.1 Å². The molecule has 0 heterocycles. The number of aliphatic hydroxyl groups is 1. The maximum Gasteiger partial charge on any atom is 0.299 e. The van der Waals surface area contributed by atoms with Crippen molar-refractivity contribution in [2.75, 3.05) is 20.2 Å². The van der Waals surface area contributed by atoms with Crippen molar-refractivity contribution in [1.29, 1.82) is 0 Å². The maximum absolute atomic E-state index is 10.9. The largest absolute Gasteiger partial charge is 0.396 e. The van der Waals surface area contributed by atoms with Crippen LogP contribution in [0.5, 0.6) is 0 Å². The van der Waals surface area contributed by atoms with E-state index < -0.39 is 0 Å². The molecule has 0 atom stereocenters. The third-order valence-electron chi connectivity index (χ3n) is 1.15. The molecule has 0 saturated heterocycles. The van der Waals surface area contributed by atoms with Crippen molar-refractivity contribution in [2.24, 2.45) is 0 Å². The van der Waals surface area contributed by atoms with Crippen LogP contribution in [0, 0.1) is 10.8 Å². The Morgan fingerprint density at radius 2 is 2.36 bits per heavy atom. The molecule has 0 fully saturated rings. The van der Waals surface area contributed by atoms with Crippen LogP contribution in [0.4, 0.5) is 0 Å². The molecule has 0 saturated carbocycles. The first-order valence-electron chi connectivity index (χ1n) is 3.20. The number of hydrogen-bond acceptors (Lipinski definition) is 2. The molecule has 0 unspecified atom stereocenters. The first kappa shape index (κ1) is 10.5. The number of hydrogen-bond donors (Lipinski definition) is 1. The lowest BCUT2D eigenvalue weighted by Gasteiger charge is -2.11. The highest BCUT2D eigenvalue weighted by atomic mass is 79.9. The van der Waals surface area contributed by atoms with Crippen LogP contribution < -0.4 is 0 Å². The summed E-state index contributed by atoms with van der Waals surface area (Å²) in [4.78, 5) is 14.7. The van der Waals surface area contributed by atoms with Gasteiger partial charge in [0.1, 0.15) is 0 Å². The normalized spacial score (nSPS) is 8.27. The molecular formula is C7H10BrNO2. The van der Waals surface area contributed by atoms with Gasteiger partial charge < -0.3 is 10.0 Å². The van der Waals surface area contributed by atoms with E-state index in [0.29, 0.717) is 13.0 Å². The molecule has 0 rings (SSSR count). The van der Waals surface area contributed by atoms with Gasteiger partial charge in [0.05, 0.1) is 0 Å². The number of halogens is 1. The van der Waals surface area contributed by atoms with Gasteiger partial charge in [-0.2, -0.15) is 0 Å². The zero-order valence-corrected chi connectivity index (χ0v) is 7.89. The van der Waals surface area contributed by atoms with Crippen molar-refractivity contribution in [3.63, 3.8) is 0 Å². The lowest BCUT2D eigenvalue weighted by atomic mass is 10.4. The van der Waals surface area contributed by atoms with Crippen LogP contribution >= 0.6 is 15.9 Å². The van der Waals surface area contributed by atoms with Gasteiger partial charge in [0.2, 0.25) is 0 Å². The Balaban J connectivity index is 3.70. The Hall–Kier alpha value is -0.530. The molecule has 0 aromatic heterocycles. The van der Waals surface area contributed by atoms with E-state index in [1.165, 1.54) is 4.90 Å². The zero-order chi connectivity index (χ0) is 8.69. The molecule has 1 N–H and O–H groups in total. The fourth-order valence-corrected chi connectivity index (χ4v) is 0.715. The SMILES string of the molecule is CN(CCCO)C(=O)C#CBr. The lowest BCUT2D eigenvalue weighted by Crippen LogP contribution is -2.26. The number of aliphatic hydroxyl groups excluding tert-OH is 1. The number of nitrogens with zero attached hydrogens (tertiary/aromatic N) is 1. The predicted octanol–water partition coefficient (Wildman–Crippen LogP) is 0.183. The van der Waals surface area contributed by atoms with Gasteiger partial charge in [0.25, 0.3) is 5.91 Å².